The molecule has 0 heterocycles. The lowest BCUT2D eigenvalue weighted by Gasteiger charge is -2.31. The number of allylic oxidation sites excluding steroid dienone is 1. The Morgan fingerprint density at radius 2 is 2.33 bits per heavy atom. The molecule has 0 aromatic carbocycles. The predicted molar refractivity (Wildman–Crippen MR) is 58.4 cm³/mol. The highest BCUT2D eigenvalue weighted by atomic mass is 16.5. The zero-order chi connectivity index (χ0) is 11.3. The maximum absolute atomic E-state index is 11.8. The summed E-state index contributed by atoms with van der Waals surface area (Å²) in [6, 6.07) is 0. The molecule has 0 spiro atoms. The number of aliphatic hydroxyl groups is 1. The molecule has 1 rings (SSSR count). The summed E-state index contributed by atoms with van der Waals surface area (Å²) in [7, 11) is 1.44. The van der Waals surface area contributed by atoms with Crippen molar-refractivity contribution >= 4 is 5.97 Å². The third kappa shape index (κ3) is 2.81. The van der Waals surface area contributed by atoms with Crippen LogP contribution in [-0.2, 0) is 9.53 Å². The molecule has 0 aliphatic heterocycles. The summed E-state index contributed by atoms with van der Waals surface area (Å²) in [5, 5.41) is 9.56. The topological polar surface area (TPSA) is 46.5 Å². The first-order chi connectivity index (χ1) is 7.14. The van der Waals surface area contributed by atoms with E-state index >= 15 is 0 Å². The van der Waals surface area contributed by atoms with Gasteiger partial charge in [-0.3, -0.25) is 4.79 Å². The fourth-order valence-electron chi connectivity index (χ4n) is 2.18. The fraction of sp³-hybridized carbons (Fsp3) is 0.750. The molecule has 1 unspecified atom stereocenters. The molecule has 15 heavy (non-hydrogen) atoms. The van der Waals surface area contributed by atoms with Gasteiger partial charge in [0.2, 0.25) is 0 Å². The summed E-state index contributed by atoms with van der Waals surface area (Å²) in [6.07, 6.45) is 7.13. The van der Waals surface area contributed by atoms with Crippen molar-refractivity contribution in [2.24, 2.45) is 5.41 Å². The third-order valence-electron chi connectivity index (χ3n) is 3.36. The molecular weight excluding hydrogens is 192 g/mol. The van der Waals surface area contributed by atoms with Crippen LogP contribution in [0.5, 0.6) is 0 Å². The quantitative estimate of drug-likeness (QED) is 0.563. The monoisotopic (exact) mass is 212 g/mol. The van der Waals surface area contributed by atoms with Crippen molar-refractivity contribution < 1.29 is 14.6 Å². The minimum atomic E-state index is -0.416. The maximum atomic E-state index is 11.8. The second kappa shape index (κ2) is 5.31. The number of hydrogen-bond acceptors (Lipinski definition) is 3. The Bertz CT molecular complexity index is 247. The molecule has 0 aromatic rings. The summed E-state index contributed by atoms with van der Waals surface area (Å²) in [5.74, 6) is -0.132. The smallest absolute Gasteiger partial charge is 0.311 e. The van der Waals surface area contributed by atoms with E-state index in [-0.39, 0.29) is 11.4 Å². The highest BCUT2D eigenvalue weighted by Crippen LogP contribution is 2.36. The van der Waals surface area contributed by atoms with Crippen molar-refractivity contribution in [3.05, 3.63) is 12.2 Å². The second-order valence-corrected chi connectivity index (χ2v) is 4.20. The summed E-state index contributed by atoms with van der Waals surface area (Å²) >= 11 is 0. The number of carbonyl (C=O) groups excluding carboxylic acids is 1. The minimum absolute atomic E-state index is 0.132. The molecule has 1 N–H and O–H groups in total. The van der Waals surface area contributed by atoms with Crippen LogP contribution in [0.3, 0.4) is 0 Å². The molecule has 0 amide bonds. The first-order valence-electron chi connectivity index (χ1n) is 5.58. The van der Waals surface area contributed by atoms with Gasteiger partial charge in [0.05, 0.1) is 18.6 Å². The standard InChI is InChI=1S/C12H20O3/c1-3-12(11(14)15-2)8-5-4-6-10(13)7-9-12/h4,6,10,13H,3,5,7-9H2,1-2H3/b6-4+/t10-,12?/m1/s1. The SMILES string of the molecule is CCC1(C(=O)OC)CC/C=C/[C@@H](O)CC1. The molecule has 3 nitrogen and oxygen atoms in total. The molecule has 0 radical (unpaired) electrons. The van der Waals surface area contributed by atoms with E-state index in [1.54, 1.807) is 0 Å². The van der Waals surface area contributed by atoms with Crippen LogP contribution in [-0.4, -0.2) is 24.3 Å². The average Bonchev–Trinajstić information content (AvgIpc) is 2.24. The summed E-state index contributed by atoms with van der Waals surface area (Å²) in [5.41, 5.74) is -0.388. The van der Waals surface area contributed by atoms with Gasteiger partial charge in [-0.25, -0.2) is 0 Å². The Hall–Kier alpha value is -0.830. The van der Waals surface area contributed by atoms with Crippen LogP contribution >= 0.6 is 0 Å². The van der Waals surface area contributed by atoms with Crippen molar-refractivity contribution in [2.45, 2.75) is 45.1 Å². The van der Waals surface area contributed by atoms with Crippen molar-refractivity contribution in [3.63, 3.8) is 0 Å². The fourth-order valence-corrected chi connectivity index (χ4v) is 2.18. The van der Waals surface area contributed by atoms with Crippen LogP contribution < -0.4 is 0 Å². The van der Waals surface area contributed by atoms with Gasteiger partial charge >= 0.3 is 5.97 Å². The van der Waals surface area contributed by atoms with Gasteiger partial charge in [-0.15, -0.1) is 0 Å². The normalized spacial score (nSPS) is 33.9. The van der Waals surface area contributed by atoms with E-state index in [0.29, 0.717) is 12.8 Å². The van der Waals surface area contributed by atoms with Crippen LogP contribution in [0.2, 0.25) is 0 Å². The van der Waals surface area contributed by atoms with E-state index in [2.05, 4.69) is 0 Å². The Morgan fingerprint density at radius 1 is 1.60 bits per heavy atom. The van der Waals surface area contributed by atoms with Crippen LogP contribution in [0.15, 0.2) is 12.2 Å². The predicted octanol–water partition coefficient (Wildman–Crippen LogP) is 2.05. The number of carbonyl (C=O) groups is 1. The van der Waals surface area contributed by atoms with Gasteiger partial charge in [-0.05, 0) is 32.1 Å². The highest BCUT2D eigenvalue weighted by Gasteiger charge is 2.37. The molecule has 0 saturated carbocycles. The summed E-state index contributed by atoms with van der Waals surface area (Å²) in [6.45, 7) is 2.01. The number of aliphatic hydroxyl groups excluding tert-OH is 1. The van der Waals surface area contributed by atoms with E-state index < -0.39 is 6.10 Å². The van der Waals surface area contributed by atoms with Crippen LogP contribution in [0.1, 0.15) is 39.0 Å². The first-order valence-corrected chi connectivity index (χ1v) is 5.58. The molecule has 2 atom stereocenters. The Kier molecular flexibility index (Phi) is 4.33. The molecule has 1 aliphatic carbocycles. The lowest BCUT2D eigenvalue weighted by atomic mass is 9.75. The summed E-state index contributed by atoms with van der Waals surface area (Å²) in [4.78, 5) is 11.8. The number of esters is 1. The van der Waals surface area contributed by atoms with Gasteiger partial charge in [0.1, 0.15) is 0 Å². The summed E-state index contributed by atoms with van der Waals surface area (Å²) < 4.78 is 4.87. The molecule has 0 aromatic heterocycles. The zero-order valence-electron chi connectivity index (χ0n) is 9.53. The zero-order valence-corrected chi connectivity index (χ0v) is 9.53. The van der Waals surface area contributed by atoms with Gasteiger partial charge in [0.25, 0.3) is 0 Å². The van der Waals surface area contributed by atoms with Crippen LogP contribution in [0.4, 0.5) is 0 Å². The van der Waals surface area contributed by atoms with Crippen molar-refractivity contribution in [1.29, 1.82) is 0 Å². The molecular formula is C12H20O3. The van der Waals surface area contributed by atoms with Crippen LogP contribution in [0, 0.1) is 5.41 Å². The third-order valence-corrected chi connectivity index (χ3v) is 3.36. The molecule has 1 aliphatic rings. The van der Waals surface area contributed by atoms with E-state index in [9.17, 15) is 9.90 Å². The lowest BCUT2D eigenvalue weighted by Crippen LogP contribution is -2.33. The maximum Gasteiger partial charge on any atom is 0.311 e. The van der Waals surface area contributed by atoms with E-state index in [4.69, 9.17) is 4.74 Å². The molecule has 3 heteroatoms. The number of methoxy groups -OCH3 is 1. The first kappa shape index (κ1) is 12.2. The lowest BCUT2D eigenvalue weighted by molar-refractivity contribution is -0.154. The number of ether oxygens (including phenoxy) is 1. The van der Waals surface area contributed by atoms with Crippen molar-refractivity contribution in [2.75, 3.05) is 7.11 Å². The molecule has 0 bridgehead atoms. The number of hydrogen-bond donors (Lipinski definition) is 1. The van der Waals surface area contributed by atoms with E-state index in [1.807, 2.05) is 19.1 Å². The Balaban J connectivity index is 2.79. The minimum Gasteiger partial charge on any atom is -0.469 e. The molecule has 0 fully saturated rings. The van der Waals surface area contributed by atoms with Crippen molar-refractivity contribution in [1.82, 2.24) is 0 Å². The average molecular weight is 212 g/mol. The molecule has 0 saturated heterocycles. The van der Waals surface area contributed by atoms with E-state index in [1.165, 1.54) is 7.11 Å². The second-order valence-electron chi connectivity index (χ2n) is 4.20. The highest BCUT2D eigenvalue weighted by molar-refractivity contribution is 5.76. The number of rotatable bonds is 2. The Morgan fingerprint density at radius 3 is 2.93 bits per heavy atom. The molecule has 86 valence electrons. The largest absolute Gasteiger partial charge is 0.469 e. The van der Waals surface area contributed by atoms with Crippen molar-refractivity contribution in [3.8, 4) is 0 Å². The van der Waals surface area contributed by atoms with Gasteiger partial charge in [-0.2, -0.15) is 0 Å². The van der Waals surface area contributed by atoms with Crippen LogP contribution in [0.25, 0.3) is 0 Å². The van der Waals surface area contributed by atoms with Gasteiger partial charge in [0, 0.05) is 0 Å². The van der Waals surface area contributed by atoms with Gasteiger partial charge < -0.3 is 9.84 Å². The Labute approximate surface area is 91.1 Å². The van der Waals surface area contributed by atoms with Gasteiger partial charge in [-0.1, -0.05) is 19.1 Å². The van der Waals surface area contributed by atoms with E-state index in [0.717, 1.165) is 19.3 Å². The van der Waals surface area contributed by atoms with Gasteiger partial charge in [0.15, 0.2) is 0 Å².